The van der Waals surface area contributed by atoms with Crippen molar-refractivity contribution in [2.45, 2.75) is 17.7 Å². The highest BCUT2D eigenvalue weighted by Gasteiger charge is 2.07. The van der Waals surface area contributed by atoms with Gasteiger partial charge in [0.2, 0.25) is 5.91 Å². The third-order valence-electron chi connectivity index (χ3n) is 2.50. The number of aromatic nitrogens is 2. The summed E-state index contributed by atoms with van der Waals surface area (Å²) in [4.78, 5) is 11.8. The highest BCUT2D eigenvalue weighted by Crippen LogP contribution is 2.27. The standard InChI is InChI=1S/C13H14ClN3O2S2/c1-8-16-17-13(21-8)20-6-5-12(18)15-9-3-4-11(19-2)10(14)7-9/h3-4,7H,5-6H2,1-2H3,(H,15,18). The Kier molecular flexibility index (Phi) is 5.84. The molecule has 1 aromatic carbocycles. The third-order valence-corrected chi connectivity index (χ3v) is 4.77. The van der Waals surface area contributed by atoms with Gasteiger partial charge < -0.3 is 10.1 Å². The lowest BCUT2D eigenvalue weighted by molar-refractivity contribution is -0.115. The number of methoxy groups -OCH3 is 1. The second-order valence-electron chi connectivity index (χ2n) is 4.08. The van der Waals surface area contributed by atoms with Gasteiger partial charge in [0.05, 0.1) is 12.1 Å². The van der Waals surface area contributed by atoms with Crippen molar-refractivity contribution in [2.24, 2.45) is 0 Å². The van der Waals surface area contributed by atoms with Gasteiger partial charge in [-0.25, -0.2) is 0 Å². The zero-order chi connectivity index (χ0) is 15.2. The van der Waals surface area contributed by atoms with E-state index in [4.69, 9.17) is 16.3 Å². The molecule has 8 heteroatoms. The van der Waals surface area contributed by atoms with Crippen LogP contribution in [0.2, 0.25) is 5.02 Å². The van der Waals surface area contributed by atoms with Crippen LogP contribution < -0.4 is 10.1 Å². The minimum absolute atomic E-state index is 0.0648. The summed E-state index contributed by atoms with van der Waals surface area (Å²) < 4.78 is 5.94. The summed E-state index contributed by atoms with van der Waals surface area (Å²) in [6, 6.07) is 5.14. The van der Waals surface area contributed by atoms with Gasteiger partial charge in [-0.2, -0.15) is 0 Å². The summed E-state index contributed by atoms with van der Waals surface area (Å²) in [7, 11) is 1.55. The second kappa shape index (κ2) is 7.63. The van der Waals surface area contributed by atoms with Crippen molar-refractivity contribution < 1.29 is 9.53 Å². The van der Waals surface area contributed by atoms with Crippen LogP contribution >= 0.6 is 34.7 Å². The Labute approximate surface area is 136 Å². The highest BCUT2D eigenvalue weighted by molar-refractivity contribution is 8.01. The van der Waals surface area contributed by atoms with Crippen LogP contribution in [0.1, 0.15) is 11.4 Å². The van der Waals surface area contributed by atoms with E-state index in [0.29, 0.717) is 28.6 Å². The highest BCUT2D eigenvalue weighted by atomic mass is 35.5. The zero-order valence-electron chi connectivity index (χ0n) is 11.6. The molecule has 112 valence electrons. The number of hydrogen-bond acceptors (Lipinski definition) is 6. The minimum atomic E-state index is -0.0648. The fourth-order valence-corrected chi connectivity index (χ4v) is 3.62. The first-order valence-corrected chi connectivity index (χ1v) is 8.33. The molecule has 21 heavy (non-hydrogen) atoms. The normalized spacial score (nSPS) is 10.4. The molecule has 1 aromatic heterocycles. The van der Waals surface area contributed by atoms with Gasteiger partial charge in [-0.3, -0.25) is 4.79 Å². The summed E-state index contributed by atoms with van der Waals surface area (Å²) in [6.07, 6.45) is 0.396. The van der Waals surface area contributed by atoms with Gasteiger partial charge in [-0.15, -0.1) is 10.2 Å². The average molecular weight is 344 g/mol. The van der Waals surface area contributed by atoms with Crippen LogP contribution in [0.15, 0.2) is 22.5 Å². The Bertz CT molecular complexity index is 634. The Morgan fingerprint density at radius 3 is 2.90 bits per heavy atom. The number of benzene rings is 1. The molecule has 0 aliphatic rings. The van der Waals surface area contributed by atoms with Crippen LogP contribution in [0.4, 0.5) is 5.69 Å². The number of hydrogen-bond donors (Lipinski definition) is 1. The summed E-state index contributed by atoms with van der Waals surface area (Å²) in [5, 5.41) is 12.1. The maximum Gasteiger partial charge on any atom is 0.225 e. The van der Waals surface area contributed by atoms with E-state index in [1.807, 2.05) is 6.92 Å². The number of carbonyl (C=O) groups is 1. The van der Waals surface area contributed by atoms with Crippen molar-refractivity contribution in [2.75, 3.05) is 18.2 Å². The molecule has 1 N–H and O–H groups in total. The molecule has 0 atom stereocenters. The van der Waals surface area contributed by atoms with Crippen molar-refractivity contribution in [3.05, 3.63) is 28.2 Å². The minimum Gasteiger partial charge on any atom is -0.495 e. The van der Waals surface area contributed by atoms with Gasteiger partial charge in [0.25, 0.3) is 0 Å². The summed E-state index contributed by atoms with van der Waals surface area (Å²) >= 11 is 9.06. The van der Waals surface area contributed by atoms with Gasteiger partial charge in [0, 0.05) is 17.9 Å². The number of anilines is 1. The van der Waals surface area contributed by atoms with E-state index in [2.05, 4.69) is 15.5 Å². The molecule has 0 radical (unpaired) electrons. The molecule has 1 heterocycles. The molecule has 0 aliphatic carbocycles. The number of thioether (sulfide) groups is 1. The van der Waals surface area contributed by atoms with Gasteiger partial charge in [0.15, 0.2) is 4.34 Å². The topological polar surface area (TPSA) is 64.1 Å². The number of nitrogens with zero attached hydrogens (tertiary/aromatic N) is 2. The monoisotopic (exact) mass is 343 g/mol. The molecule has 2 aromatic rings. The number of carbonyl (C=O) groups excluding carboxylic acids is 1. The van der Waals surface area contributed by atoms with Crippen LogP contribution in [0.25, 0.3) is 0 Å². The lowest BCUT2D eigenvalue weighted by atomic mass is 10.3. The quantitative estimate of drug-likeness (QED) is 0.811. The van der Waals surface area contributed by atoms with Crippen molar-refractivity contribution in [1.29, 1.82) is 0 Å². The number of aryl methyl sites for hydroxylation is 1. The van der Waals surface area contributed by atoms with Gasteiger partial charge in [0.1, 0.15) is 10.8 Å². The van der Waals surface area contributed by atoms with E-state index in [-0.39, 0.29) is 5.91 Å². The van der Waals surface area contributed by atoms with Crippen LogP contribution in [0, 0.1) is 6.92 Å². The molecule has 0 saturated heterocycles. The Morgan fingerprint density at radius 2 is 2.29 bits per heavy atom. The first-order chi connectivity index (χ1) is 10.1. The van der Waals surface area contributed by atoms with Crippen molar-refractivity contribution in [3.8, 4) is 5.75 Å². The van der Waals surface area contributed by atoms with E-state index in [9.17, 15) is 4.79 Å². The molecule has 1 amide bonds. The first kappa shape index (κ1) is 16.1. The van der Waals surface area contributed by atoms with Gasteiger partial charge in [-0.1, -0.05) is 34.7 Å². The van der Waals surface area contributed by atoms with Gasteiger partial charge in [-0.05, 0) is 25.1 Å². The maximum atomic E-state index is 11.8. The largest absolute Gasteiger partial charge is 0.495 e. The number of amides is 1. The third kappa shape index (κ3) is 4.87. The number of ether oxygens (including phenoxy) is 1. The lowest BCUT2D eigenvalue weighted by Crippen LogP contribution is -2.12. The predicted molar refractivity (Wildman–Crippen MR) is 86.6 cm³/mol. The van der Waals surface area contributed by atoms with E-state index in [1.165, 1.54) is 23.1 Å². The smallest absolute Gasteiger partial charge is 0.225 e. The van der Waals surface area contributed by atoms with Crippen LogP contribution in [0.5, 0.6) is 5.75 Å². The molecular formula is C13H14ClN3O2S2. The summed E-state index contributed by atoms with van der Waals surface area (Å²) in [5.74, 6) is 1.17. The molecular weight excluding hydrogens is 330 g/mol. The fraction of sp³-hybridized carbons (Fsp3) is 0.308. The molecule has 0 saturated carbocycles. The van der Waals surface area contributed by atoms with Crippen molar-refractivity contribution >= 4 is 46.3 Å². The van der Waals surface area contributed by atoms with Crippen molar-refractivity contribution in [1.82, 2.24) is 10.2 Å². The number of halogens is 1. The Balaban J connectivity index is 1.80. The molecule has 0 aliphatic heterocycles. The predicted octanol–water partition coefficient (Wildman–Crippen LogP) is 3.63. The summed E-state index contributed by atoms with van der Waals surface area (Å²) in [6.45, 7) is 1.90. The number of nitrogens with one attached hydrogen (secondary N) is 1. The summed E-state index contributed by atoms with van der Waals surface area (Å²) in [5.41, 5.74) is 0.655. The zero-order valence-corrected chi connectivity index (χ0v) is 13.9. The SMILES string of the molecule is COc1ccc(NC(=O)CCSc2nnc(C)s2)cc1Cl. The van der Waals surface area contributed by atoms with E-state index >= 15 is 0 Å². The molecule has 5 nitrogen and oxygen atoms in total. The number of rotatable bonds is 6. The van der Waals surface area contributed by atoms with E-state index in [1.54, 1.807) is 25.3 Å². The van der Waals surface area contributed by atoms with Crippen LogP contribution in [0.3, 0.4) is 0 Å². The average Bonchev–Trinajstić information content (AvgIpc) is 2.84. The Hall–Kier alpha value is -1.31. The second-order valence-corrected chi connectivity index (χ2v) is 7.01. The molecule has 0 fully saturated rings. The lowest BCUT2D eigenvalue weighted by Gasteiger charge is -2.07. The Morgan fingerprint density at radius 1 is 1.48 bits per heavy atom. The molecule has 0 spiro atoms. The molecule has 0 bridgehead atoms. The van der Waals surface area contributed by atoms with E-state index in [0.717, 1.165) is 9.35 Å². The fourth-order valence-electron chi connectivity index (χ4n) is 1.54. The molecule has 0 unspecified atom stereocenters. The van der Waals surface area contributed by atoms with E-state index < -0.39 is 0 Å². The first-order valence-electron chi connectivity index (χ1n) is 6.15. The van der Waals surface area contributed by atoms with Crippen LogP contribution in [-0.4, -0.2) is 29.0 Å². The van der Waals surface area contributed by atoms with Crippen molar-refractivity contribution in [3.63, 3.8) is 0 Å². The van der Waals surface area contributed by atoms with Gasteiger partial charge >= 0.3 is 0 Å². The molecule has 2 rings (SSSR count). The maximum absolute atomic E-state index is 11.8. The van der Waals surface area contributed by atoms with Crippen LogP contribution in [-0.2, 0) is 4.79 Å².